The van der Waals surface area contributed by atoms with E-state index in [0.29, 0.717) is 56.1 Å². The molecule has 2 aromatic carbocycles. The number of nitrogens with zero attached hydrogens (tertiary/aromatic N) is 5. The molecule has 4 heterocycles. The van der Waals surface area contributed by atoms with E-state index in [9.17, 15) is 9.18 Å². The summed E-state index contributed by atoms with van der Waals surface area (Å²) in [6.45, 7) is 7.69. The number of aromatic nitrogens is 2. The van der Waals surface area contributed by atoms with Gasteiger partial charge < -0.3 is 24.2 Å². The van der Waals surface area contributed by atoms with Crippen molar-refractivity contribution in [2.75, 3.05) is 51.3 Å². The van der Waals surface area contributed by atoms with Crippen LogP contribution >= 0.6 is 0 Å². The maximum Gasteiger partial charge on any atom is 0.321 e. The standard InChI is InChI=1S/C30H34FN5O3/c1-3-27(37)35-15-17-36(18-16-35)28-24-12-13-26(23-10-4-9-22-21(23)8-5-11-25(22)31)39-29(24)33-30(32-28)38-19-20-7-6-14-34(20)2/h3-5,8-11,20,26H,1,6-7,12-19H2,2H3/t20-,26?/m0/s1. The first-order valence-corrected chi connectivity index (χ1v) is 13.8. The lowest BCUT2D eigenvalue weighted by Crippen LogP contribution is -2.49. The van der Waals surface area contributed by atoms with Crippen molar-refractivity contribution >= 4 is 22.5 Å². The van der Waals surface area contributed by atoms with E-state index in [1.165, 1.54) is 12.1 Å². The number of hydrogen-bond donors (Lipinski definition) is 0. The highest BCUT2D eigenvalue weighted by atomic mass is 19.1. The van der Waals surface area contributed by atoms with Crippen molar-refractivity contribution in [2.45, 2.75) is 37.8 Å². The second-order valence-corrected chi connectivity index (χ2v) is 10.5. The minimum absolute atomic E-state index is 0.0539. The smallest absolute Gasteiger partial charge is 0.321 e. The average Bonchev–Trinajstić information content (AvgIpc) is 3.39. The highest BCUT2D eigenvalue weighted by Gasteiger charge is 2.32. The van der Waals surface area contributed by atoms with Crippen LogP contribution in [-0.2, 0) is 11.2 Å². The Bertz CT molecular complexity index is 1390. The highest BCUT2D eigenvalue weighted by Crippen LogP contribution is 2.41. The van der Waals surface area contributed by atoms with Crippen LogP contribution in [0, 0.1) is 5.82 Å². The van der Waals surface area contributed by atoms with E-state index in [-0.39, 0.29) is 17.8 Å². The minimum Gasteiger partial charge on any atom is -0.469 e. The lowest BCUT2D eigenvalue weighted by atomic mass is 9.94. The number of halogens is 1. The summed E-state index contributed by atoms with van der Waals surface area (Å²) in [7, 11) is 2.12. The lowest BCUT2D eigenvalue weighted by Gasteiger charge is -2.37. The molecule has 1 aromatic heterocycles. The molecule has 39 heavy (non-hydrogen) atoms. The lowest BCUT2D eigenvalue weighted by molar-refractivity contribution is -0.126. The molecule has 0 radical (unpaired) electrons. The Morgan fingerprint density at radius 1 is 1.10 bits per heavy atom. The number of benzene rings is 2. The maximum absolute atomic E-state index is 14.5. The molecular weight excluding hydrogens is 497 g/mol. The first-order chi connectivity index (χ1) is 19.0. The van der Waals surface area contributed by atoms with Gasteiger partial charge in [-0.2, -0.15) is 9.97 Å². The molecule has 8 nitrogen and oxygen atoms in total. The Morgan fingerprint density at radius 2 is 1.90 bits per heavy atom. The van der Waals surface area contributed by atoms with Crippen molar-refractivity contribution in [3.63, 3.8) is 0 Å². The third-order valence-electron chi connectivity index (χ3n) is 8.23. The highest BCUT2D eigenvalue weighted by molar-refractivity contribution is 5.87. The van der Waals surface area contributed by atoms with E-state index in [1.807, 2.05) is 18.2 Å². The molecule has 0 aliphatic carbocycles. The van der Waals surface area contributed by atoms with Gasteiger partial charge in [0.15, 0.2) is 0 Å². The van der Waals surface area contributed by atoms with Crippen LogP contribution in [0.2, 0.25) is 0 Å². The molecule has 0 bridgehead atoms. The number of carbonyl (C=O) groups excluding carboxylic acids is 1. The summed E-state index contributed by atoms with van der Waals surface area (Å²) in [5.74, 6) is 1.03. The summed E-state index contributed by atoms with van der Waals surface area (Å²) in [6, 6.07) is 11.5. The van der Waals surface area contributed by atoms with Crippen LogP contribution in [0.4, 0.5) is 10.2 Å². The molecule has 2 saturated heterocycles. The van der Waals surface area contributed by atoms with Crippen LogP contribution in [0.25, 0.3) is 10.8 Å². The molecule has 0 spiro atoms. The fourth-order valence-electron chi connectivity index (χ4n) is 5.97. The summed E-state index contributed by atoms with van der Waals surface area (Å²) >= 11 is 0. The number of ether oxygens (including phenoxy) is 2. The third-order valence-corrected chi connectivity index (χ3v) is 8.23. The van der Waals surface area contributed by atoms with Crippen LogP contribution in [-0.4, -0.2) is 78.1 Å². The van der Waals surface area contributed by atoms with Gasteiger partial charge in [0.25, 0.3) is 0 Å². The summed E-state index contributed by atoms with van der Waals surface area (Å²) < 4.78 is 27.2. The second-order valence-electron chi connectivity index (χ2n) is 10.5. The van der Waals surface area contributed by atoms with Crippen LogP contribution in [0.3, 0.4) is 0 Å². The van der Waals surface area contributed by atoms with Crippen LogP contribution in [0.15, 0.2) is 49.1 Å². The van der Waals surface area contributed by atoms with E-state index in [1.54, 1.807) is 17.0 Å². The van der Waals surface area contributed by atoms with Crippen molar-refractivity contribution in [1.82, 2.24) is 19.8 Å². The summed E-state index contributed by atoms with van der Waals surface area (Å²) in [5.41, 5.74) is 1.90. The quantitative estimate of drug-likeness (QED) is 0.443. The second kappa shape index (κ2) is 10.8. The largest absolute Gasteiger partial charge is 0.469 e. The fraction of sp³-hybridized carbons (Fsp3) is 0.433. The Hall–Kier alpha value is -3.72. The fourth-order valence-corrected chi connectivity index (χ4v) is 5.97. The number of likely N-dealkylation sites (N-methyl/N-ethyl adjacent to an activating group) is 1. The predicted octanol–water partition coefficient (Wildman–Crippen LogP) is 4.14. The number of piperazine rings is 1. The molecule has 2 fully saturated rings. The van der Waals surface area contributed by atoms with Gasteiger partial charge in [-0.25, -0.2) is 4.39 Å². The van der Waals surface area contributed by atoms with Crippen molar-refractivity contribution in [3.05, 3.63) is 66.0 Å². The zero-order valence-electron chi connectivity index (χ0n) is 22.3. The number of rotatable bonds is 6. The first kappa shape index (κ1) is 25.6. The monoisotopic (exact) mass is 531 g/mol. The zero-order valence-corrected chi connectivity index (χ0v) is 22.3. The molecule has 0 saturated carbocycles. The van der Waals surface area contributed by atoms with Crippen LogP contribution < -0.4 is 14.4 Å². The van der Waals surface area contributed by atoms with E-state index in [2.05, 4.69) is 23.4 Å². The van der Waals surface area contributed by atoms with E-state index >= 15 is 0 Å². The third kappa shape index (κ3) is 5.03. The Kier molecular flexibility index (Phi) is 7.08. The van der Waals surface area contributed by atoms with Crippen molar-refractivity contribution in [1.29, 1.82) is 0 Å². The van der Waals surface area contributed by atoms with Gasteiger partial charge in [0.05, 0.1) is 5.56 Å². The molecular formula is C30H34FN5O3. The number of fused-ring (bicyclic) bond motifs is 2. The SMILES string of the molecule is C=CC(=O)N1CCN(c2nc(OC[C@@H]3CCCN3C)nc3c2CCC(c2cccc4c(F)cccc24)O3)CC1. The Balaban J connectivity index is 1.30. The topological polar surface area (TPSA) is 71.0 Å². The Labute approximate surface area is 228 Å². The van der Waals surface area contributed by atoms with E-state index in [0.717, 1.165) is 54.6 Å². The molecule has 204 valence electrons. The first-order valence-electron chi connectivity index (χ1n) is 13.8. The van der Waals surface area contributed by atoms with Crippen molar-refractivity contribution < 1.29 is 18.7 Å². The number of likely N-dealkylation sites (tertiary alicyclic amines) is 1. The summed E-state index contributed by atoms with van der Waals surface area (Å²) in [4.78, 5) is 28.0. The summed E-state index contributed by atoms with van der Waals surface area (Å²) in [5, 5.41) is 1.44. The molecule has 3 aliphatic heterocycles. The van der Waals surface area contributed by atoms with Gasteiger partial charge in [0.2, 0.25) is 11.8 Å². The molecule has 3 aliphatic rings. The van der Waals surface area contributed by atoms with Gasteiger partial charge in [-0.05, 0) is 56.8 Å². The number of amides is 1. The van der Waals surface area contributed by atoms with Gasteiger partial charge in [-0.1, -0.05) is 36.9 Å². The number of carbonyl (C=O) groups is 1. The minimum atomic E-state index is -0.262. The average molecular weight is 532 g/mol. The van der Waals surface area contributed by atoms with Crippen LogP contribution in [0.1, 0.15) is 36.5 Å². The van der Waals surface area contributed by atoms with Gasteiger partial charge in [-0.15, -0.1) is 0 Å². The Morgan fingerprint density at radius 3 is 2.67 bits per heavy atom. The molecule has 2 atom stereocenters. The van der Waals surface area contributed by atoms with Gasteiger partial charge >= 0.3 is 6.01 Å². The number of hydrogen-bond acceptors (Lipinski definition) is 7. The molecule has 9 heteroatoms. The van der Waals surface area contributed by atoms with E-state index in [4.69, 9.17) is 19.4 Å². The van der Waals surface area contributed by atoms with Crippen LogP contribution in [0.5, 0.6) is 11.9 Å². The van der Waals surface area contributed by atoms with Crippen molar-refractivity contribution in [2.24, 2.45) is 0 Å². The predicted molar refractivity (Wildman–Crippen MR) is 148 cm³/mol. The molecule has 6 rings (SSSR count). The van der Waals surface area contributed by atoms with Crippen molar-refractivity contribution in [3.8, 4) is 11.9 Å². The normalized spacial score (nSPS) is 21.5. The maximum atomic E-state index is 14.5. The molecule has 1 amide bonds. The van der Waals surface area contributed by atoms with Gasteiger partial charge in [0, 0.05) is 43.2 Å². The molecule has 3 aromatic rings. The molecule has 0 N–H and O–H groups in total. The summed E-state index contributed by atoms with van der Waals surface area (Å²) in [6.07, 6.45) is 4.79. The number of anilines is 1. The van der Waals surface area contributed by atoms with E-state index < -0.39 is 0 Å². The van der Waals surface area contributed by atoms with Gasteiger partial charge in [0.1, 0.15) is 24.3 Å². The zero-order chi connectivity index (χ0) is 26.9. The molecule has 1 unspecified atom stereocenters. The van der Waals surface area contributed by atoms with Gasteiger partial charge in [-0.3, -0.25) is 4.79 Å².